The van der Waals surface area contributed by atoms with Crippen LogP contribution in [0.4, 0.5) is 5.69 Å². The van der Waals surface area contributed by atoms with Crippen LogP contribution in [0.3, 0.4) is 0 Å². The molecule has 0 aliphatic rings. The topological polar surface area (TPSA) is 96.0 Å². The van der Waals surface area contributed by atoms with Gasteiger partial charge < -0.3 is 15.0 Å². The summed E-state index contributed by atoms with van der Waals surface area (Å²) in [6, 6.07) is 9.00. The maximum Gasteiger partial charge on any atom is 0.244 e. The van der Waals surface area contributed by atoms with Crippen molar-refractivity contribution in [1.29, 1.82) is 0 Å². The predicted molar refractivity (Wildman–Crippen MR) is 130 cm³/mol. The minimum absolute atomic E-state index is 0.0888. The molecule has 2 aromatic carbocycles. The van der Waals surface area contributed by atoms with Gasteiger partial charge in [-0.3, -0.25) is 13.9 Å². The van der Waals surface area contributed by atoms with E-state index in [0.29, 0.717) is 21.4 Å². The summed E-state index contributed by atoms with van der Waals surface area (Å²) in [6.07, 6.45) is 1.000. The molecule has 2 rings (SSSR count). The summed E-state index contributed by atoms with van der Waals surface area (Å²) in [7, 11) is -1.02. The molecule has 0 unspecified atom stereocenters. The van der Waals surface area contributed by atoms with Crippen LogP contribution >= 0.6 is 23.2 Å². The van der Waals surface area contributed by atoms with Crippen molar-refractivity contribution < 1.29 is 22.7 Å². The second-order valence-corrected chi connectivity index (χ2v) is 10.2. The number of hydrogen-bond acceptors (Lipinski definition) is 5. The van der Waals surface area contributed by atoms with E-state index in [2.05, 4.69) is 5.32 Å². The van der Waals surface area contributed by atoms with Gasteiger partial charge >= 0.3 is 0 Å². The number of anilines is 1. The smallest absolute Gasteiger partial charge is 0.244 e. The first-order chi connectivity index (χ1) is 15.4. The van der Waals surface area contributed by atoms with Crippen molar-refractivity contribution in [3.63, 3.8) is 0 Å². The maximum absolute atomic E-state index is 13.5. The van der Waals surface area contributed by atoms with Crippen molar-refractivity contribution in [1.82, 2.24) is 10.2 Å². The first-order valence-corrected chi connectivity index (χ1v) is 12.6. The quantitative estimate of drug-likeness (QED) is 0.552. The summed E-state index contributed by atoms with van der Waals surface area (Å²) in [6.45, 7) is 2.70. The molecule has 0 saturated carbocycles. The highest BCUT2D eigenvalue weighted by molar-refractivity contribution is 7.92. The van der Waals surface area contributed by atoms with Gasteiger partial charge in [-0.25, -0.2) is 8.42 Å². The molecule has 0 saturated heterocycles. The van der Waals surface area contributed by atoms with Crippen LogP contribution in [0.1, 0.15) is 18.1 Å². The Balaban J connectivity index is 2.51. The molecule has 8 nitrogen and oxygen atoms in total. The summed E-state index contributed by atoms with van der Waals surface area (Å²) >= 11 is 12.6. The lowest BCUT2D eigenvalue weighted by molar-refractivity contribution is -0.139. The number of halogens is 2. The van der Waals surface area contributed by atoms with Crippen LogP contribution in [0.5, 0.6) is 5.75 Å². The Morgan fingerprint density at radius 2 is 1.76 bits per heavy atom. The molecule has 0 bridgehead atoms. The Kier molecular flexibility index (Phi) is 8.99. The zero-order chi connectivity index (χ0) is 24.9. The van der Waals surface area contributed by atoms with E-state index in [1.807, 2.05) is 0 Å². The average molecular weight is 516 g/mol. The number of nitrogens with zero attached hydrogens (tertiary/aromatic N) is 2. The minimum Gasteiger partial charge on any atom is -0.495 e. The van der Waals surface area contributed by atoms with Crippen molar-refractivity contribution in [2.24, 2.45) is 0 Å². The fourth-order valence-electron chi connectivity index (χ4n) is 3.23. The summed E-state index contributed by atoms with van der Waals surface area (Å²) in [5.41, 5.74) is 1.45. The van der Waals surface area contributed by atoms with E-state index in [1.165, 1.54) is 19.1 Å². The molecule has 0 fully saturated rings. The van der Waals surface area contributed by atoms with Crippen molar-refractivity contribution in [2.45, 2.75) is 26.4 Å². The highest BCUT2D eigenvalue weighted by Crippen LogP contribution is 2.32. The number of nitrogens with one attached hydrogen (secondary N) is 1. The van der Waals surface area contributed by atoms with Crippen LogP contribution in [0.25, 0.3) is 0 Å². The van der Waals surface area contributed by atoms with Gasteiger partial charge in [-0.1, -0.05) is 35.3 Å². The van der Waals surface area contributed by atoms with Crippen LogP contribution in [-0.2, 0) is 26.2 Å². The molecule has 0 spiro atoms. The van der Waals surface area contributed by atoms with Crippen LogP contribution in [0, 0.1) is 6.92 Å². The van der Waals surface area contributed by atoms with Crippen molar-refractivity contribution in [3.8, 4) is 5.75 Å². The number of rotatable bonds is 9. The number of methoxy groups -OCH3 is 1. The molecule has 2 amide bonds. The molecule has 0 aromatic heterocycles. The fourth-order valence-corrected chi connectivity index (χ4v) is 4.60. The first-order valence-electron chi connectivity index (χ1n) is 9.97. The summed E-state index contributed by atoms with van der Waals surface area (Å²) in [5, 5.41) is 3.15. The Bertz CT molecular complexity index is 1120. The number of sulfonamides is 1. The van der Waals surface area contributed by atoms with Gasteiger partial charge in [0.05, 0.1) is 19.1 Å². The van der Waals surface area contributed by atoms with Crippen molar-refractivity contribution in [2.75, 3.05) is 31.3 Å². The number of hydrogen-bond donors (Lipinski definition) is 1. The zero-order valence-electron chi connectivity index (χ0n) is 19.1. The third kappa shape index (κ3) is 6.52. The maximum atomic E-state index is 13.5. The van der Waals surface area contributed by atoms with Gasteiger partial charge in [0.25, 0.3) is 0 Å². The SMILES string of the molecule is CNC(=O)[C@@H](C)N(Cc1c(Cl)cccc1Cl)C(=O)CN(c1cc(C)ccc1OC)S(C)(=O)=O. The van der Waals surface area contributed by atoms with Gasteiger partial charge in [-0.15, -0.1) is 0 Å². The molecular weight excluding hydrogens is 489 g/mol. The van der Waals surface area contributed by atoms with Crippen LogP contribution < -0.4 is 14.4 Å². The van der Waals surface area contributed by atoms with Gasteiger partial charge in [0.15, 0.2) is 0 Å². The van der Waals surface area contributed by atoms with Gasteiger partial charge in [0.2, 0.25) is 21.8 Å². The van der Waals surface area contributed by atoms with Gasteiger partial charge in [0.1, 0.15) is 18.3 Å². The van der Waals surface area contributed by atoms with Crippen LogP contribution in [0.2, 0.25) is 10.0 Å². The average Bonchev–Trinajstić information content (AvgIpc) is 2.75. The van der Waals surface area contributed by atoms with E-state index in [4.69, 9.17) is 27.9 Å². The van der Waals surface area contributed by atoms with Crippen LogP contribution in [0.15, 0.2) is 36.4 Å². The molecule has 0 aliphatic carbocycles. The molecule has 11 heteroatoms. The van der Waals surface area contributed by atoms with Gasteiger partial charge in [-0.05, 0) is 43.7 Å². The number of carbonyl (C=O) groups is 2. The number of benzene rings is 2. The van der Waals surface area contributed by atoms with E-state index in [1.54, 1.807) is 50.2 Å². The number of likely N-dealkylation sites (N-methyl/N-ethyl adjacent to an activating group) is 1. The fraction of sp³-hybridized carbons (Fsp3) is 0.364. The molecule has 0 heterocycles. The standard InChI is InChI=1S/C22H27Cl2N3O5S/c1-14-9-10-20(32-4)19(11-14)27(33(5,30)31)13-21(28)26(15(2)22(29)25-3)12-16-17(23)7-6-8-18(16)24/h6-11,15H,12-13H2,1-5H3,(H,25,29)/t15-/m1/s1. The minimum atomic E-state index is -3.88. The Morgan fingerprint density at radius 1 is 1.15 bits per heavy atom. The molecule has 0 radical (unpaired) electrons. The lowest BCUT2D eigenvalue weighted by Gasteiger charge is -2.32. The van der Waals surface area contributed by atoms with Gasteiger partial charge in [0, 0.05) is 29.2 Å². The third-order valence-corrected chi connectivity index (χ3v) is 6.92. The van der Waals surface area contributed by atoms with E-state index < -0.39 is 34.4 Å². The summed E-state index contributed by atoms with van der Waals surface area (Å²) in [4.78, 5) is 27.1. The molecule has 1 atom stereocenters. The summed E-state index contributed by atoms with van der Waals surface area (Å²) < 4.78 is 31.6. The van der Waals surface area contributed by atoms with Crippen molar-refractivity contribution in [3.05, 3.63) is 57.6 Å². The first kappa shape index (κ1) is 26.8. The Hall–Kier alpha value is -2.49. The highest BCUT2D eigenvalue weighted by atomic mass is 35.5. The lowest BCUT2D eigenvalue weighted by Crippen LogP contribution is -2.50. The van der Waals surface area contributed by atoms with E-state index in [-0.39, 0.29) is 12.2 Å². The second kappa shape index (κ2) is 11.1. The second-order valence-electron chi connectivity index (χ2n) is 7.46. The molecule has 0 aliphatic heterocycles. The molecular formula is C22H27Cl2N3O5S. The number of aryl methyl sites for hydroxylation is 1. The van der Waals surface area contributed by atoms with Crippen molar-refractivity contribution >= 4 is 50.7 Å². The number of amides is 2. The van der Waals surface area contributed by atoms with Gasteiger partial charge in [-0.2, -0.15) is 0 Å². The Labute approximate surface area is 204 Å². The van der Waals surface area contributed by atoms with E-state index in [9.17, 15) is 18.0 Å². The number of ether oxygens (including phenoxy) is 1. The monoisotopic (exact) mass is 515 g/mol. The highest BCUT2D eigenvalue weighted by Gasteiger charge is 2.31. The van der Waals surface area contributed by atoms with Crippen LogP contribution in [-0.4, -0.2) is 58.1 Å². The molecule has 180 valence electrons. The molecule has 2 aromatic rings. The van der Waals surface area contributed by atoms with E-state index >= 15 is 0 Å². The molecule has 33 heavy (non-hydrogen) atoms. The normalized spacial score (nSPS) is 12.1. The summed E-state index contributed by atoms with van der Waals surface area (Å²) in [5.74, 6) is -0.750. The predicted octanol–water partition coefficient (Wildman–Crippen LogP) is 3.24. The van der Waals surface area contributed by atoms with E-state index in [0.717, 1.165) is 16.1 Å². The lowest BCUT2D eigenvalue weighted by atomic mass is 10.1. The molecule has 1 N–H and O–H groups in total. The largest absolute Gasteiger partial charge is 0.495 e. The third-order valence-electron chi connectivity index (χ3n) is 5.09. The number of carbonyl (C=O) groups excluding carboxylic acids is 2. The Morgan fingerprint density at radius 3 is 2.27 bits per heavy atom. The zero-order valence-corrected chi connectivity index (χ0v) is 21.4.